The Bertz CT molecular complexity index is 1870. The van der Waals surface area contributed by atoms with Crippen molar-refractivity contribution in [2.75, 3.05) is 0 Å². The molecule has 0 spiro atoms. The van der Waals surface area contributed by atoms with E-state index in [1.165, 1.54) is 6.07 Å². The van der Waals surface area contributed by atoms with Crippen molar-refractivity contribution in [2.45, 2.75) is 38.7 Å². The first kappa shape index (κ1) is 33.9. The molecular formula is C36H24ClF9O. The molecule has 0 saturated carbocycles. The fraction of sp³-hybridized carbons (Fsp3) is 0.167. The summed E-state index contributed by atoms with van der Waals surface area (Å²) in [5.74, 6) is -11.5. The molecule has 5 rings (SSSR count). The van der Waals surface area contributed by atoms with Crippen LogP contribution in [0.25, 0.3) is 33.4 Å². The number of aryl methyl sites for hydroxylation is 1. The van der Waals surface area contributed by atoms with E-state index in [1.807, 2.05) is 12.1 Å². The smallest absolute Gasteiger partial charge is 0.424 e. The average molecular weight is 679 g/mol. The van der Waals surface area contributed by atoms with Gasteiger partial charge in [-0.15, -0.1) is 0 Å². The summed E-state index contributed by atoms with van der Waals surface area (Å²) in [6.45, 7) is 2.10. The van der Waals surface area contributed by atoms with Crippen LogP contribution in [0.1, 0.15) is 37.3 Å². The Kier molecular flexibility index (Phi) is 9.91. The summed E-state index contributed by atoms with van der Waals surface area (Å²) in [5.41, 5.74) is -1.55. The lowest BCUT2D eigenvalue weighted by atomic mass is 9.97. The van der Waals surface area contributed by atoms with Crippen molar-refractivity contribution < 1.29 is 44.3 Å². The highest BCUT2D eigenvalue weighted by atomic mass is 35.5. The van der Waals surface area contributed by atoms with Crippen molar-refractivity contribution in [2.24, 2.45) is 0 Å². The average Bonchev–Trinajstić information content (AvgIpc) is 3.01. The Morgan fingerprint density at radius 3 is 1.74 bits per heavy atom. The maximum absolute atomic E-state index is 15.2. The quantitative estimate of drug-likeness (QED) is 0.0811. The molecule has 0 atom stereocenters. The summed E-state index contributed by atoms with van der Waals surface area (Å²) in [4.78, 5) is 0. The lowest BCUT2D eigenvalue weighted by molar-refractivity contribution is -0.187. The van der Waals surface area contributed by atoms with E-state index in [1.54, 1.807) is 12.1 Å². The Labute approximate surface area is 269 Å². The molecule has 0 N–H and O–H groups in total. The fourth-order valence-corrected chi connectivity index (χ4v) is 5.33. The van der Waals surface area contributed by atoms with Gasteiger partial charge in [-0.05, 0) is 83.1 Å². The van der Waals surface area contributed by atoms with Gasteiger partial charge < -0.3 is 4.74 Å². The van der Waals surface area contributed by atoms with Crippen LogP contribution in [0, 0.1) is 40.7 Å². The van der Waals surface area contributed by atoms with Crippen molar-refractivity contribution >= 4 is 11.6 Å². The third kappa shape index (κ3) is 7.27. The molecule has 0 amide bonds. The van der Waals surface area contributed by atoms with Gasteiger partial charge in [0.15, 0.2) is 29.0 Å². The summed E-state index contributed by atoms with van der Waals surface area (Å²) >= 11 is 6.12. The van der Waals surface area contributed by atoms with E-state index < -0.39 is 85.4 Å². The van der Waals surface area contributed by atoms with Gasteiger partial charge in [-0.2, -0.15) is 8.78 Å². The molecule has 0 aliphatic heterocycles. The van der Waals surface area contributed by atoms with Gasteiger partial charge >= 0.3 is 6.11 Å². The number of halogens is 10. The predicted molar refractivity (Wildman–Crippen MR) is 162 cm³/mol. The number of hydrogen-bond acceptors (Lipinski definition) is 1. The van der Waals surface area contributed by atoms with E-state index in [-0.39, 0.29) is 17.7 Å². The van der Waals surface area contributed by atoms with Crippen LogP contribution in [-0.2, 0) is 12.5 Å². The summed E-state index contributed by atoms with van der Waals surface area (Å²) in [5, 5.41) is -0.513. The molecular weight excluding hydrogens is 655 g/mol. The van der Waals surface area contributed by atoms with E-state index in [0.29, 0.717) is 23.8 Å². The first-order valence-electron chi connectivity index (χ1n) is 14.4. The van der Waals surface area contributed by atoms with Crippen LogP contribution in [-0.4, -0.2) is 0 Å². The van der Waals surface area contributed by atoms with Gasteiger partial charge in [0.1, 0.15) is 17.5 Å². The molecule has 0 radical (unpaired) electrons. The lowest BCUT2D eigenvalue weighted by Crippen LogP contribution is -2.23. The van der Waals surface area contributed by atoms with Crippen LogP contribution in [0.3, 0.4) is 0 Å². The minimum atomic E-state index is -4.47. The zero-order valence-corrected chi connectivity index (χ0v) is 25.3. The Morgan fingerprint density at radius 1 is 0.596 bits per heavy atom. The van der Waals surface area contributed by atoms with Gasteiger partial charge in [0, 0.05) is 5.56 Å². The highest BCUT2D eigenvalue weighted by Gasteiger charge is 2.38. The molecule has 0 unspecified atom stereocenters. The zero-order chi connectivity index (χ0) is 34.0. The van der Waals surface area contributed by atoms with E-state index >= 15 is 22.0 Å². The summed E-state index contributed by atoms with van der Waals surface area (Å²) in [6.07, 6.45) is -0.425. The monoisotopic (exact) mass is 678 g/mol. The fourth-order valence-electron chi connectivity index (χ4n) is 5.09. The number of rotatable bonds is 10. The van der Waals surface area contributed by atoms with Gasteiger partial charge in [0.25, 0.3) is 0 Å². The molecule has 5 aromatic rings. The molecule has 0 saturated heterocycles. The van der Waals surface area contributed by atoms with Gasteiger partial charge in [0.2, 0.25) is 0 Å². The molecule has 0 heterocycles. The van der Waals surface area contributed by atoms with Crippen LogP contribution < -0.4 is 4.74 Å². The first-order chi connectivity index (χ1) is 22.3. The number of ether oxygens (including phenoxy) is 1. The maximum Gasteiger partial charge on any atom is 0.427 e. The van der Waals surface area contributed by atoms with Gasteiger partial charge in [-0.25, -0.2) is 30.7 Å². The number of alkyl halides is 2. The topological polar surface area (TPSA) is 9.23 Å². The van der Waals surface area contributed by atoms with Gasteiger partial charge in [0.05, 0.1) is 16.1 Å². The molecule has 0 bridgehead atoms. The van der Waals surface area contributed by atoms with Crippen molar-refractivity contribution in [1.29, 1.82) is 0 Å². The second-order valence-corrected chi connectivity index (χ2v) is 11.2. The van der Waals surface area contributed by atoms with Crippen molar-refractivity contribution in [3.63, 3.8) is 0 Å². The highest BCUT2D eigenvalue weighted by Crippen LogP contribution is 2.41. The van der Waals surface area contributed by atoms with Crippen LogP contribution in [0.2, 0.25) is 5.02 Å². The minimum Gasteiger partial charge on any atom is -0.424 e. The first-order valence-corrected chi connectivity index (χ1v) is 14.8. The molecule has 0 fully saturated rings. The van der Waals surface area contributed by atoms with Gasteiger partial charge in [-0.3, -0.25) is 0 Å². The summed E-state index contributed by atoms with van der Waals surface area (Å²) < 4.78 is 136. The van der Waals surface area contributed by atoms with E-state index in [0.717, 1.165) is 49.4 Å². The largest absolute Gasteiger partial charge is 0.427 e. The van der Waals surface area contributed by atoms with Gasteiger partial charge in [-0.1, -0.05) is 67.8 Å². The molecule has 0 aliphatic rings. The molecule has 0 aliphatic carbocycles. The van der Waals surface area contributed by atoms with E-state index in [2.05, 4.69) is 11.7 Å². The third-order valence-corrected chi connectivity index (χ3v) is 7.80. The highest BCUT2D eigenvalue weighted by molar-refractivity contribution is 6.32. The normalized spacial score (nSPS) is 11.6. The Morgan fingerprint density at radius 2 is 1.17 bits per heavy atom. The Balaban J connectivity index is 1.38. The molecule has 0 aromatic heterocycles. The maximum atomic E-state index is 15.2. The molecule has 244 valence electrons. The summed E-state index contributed by atoms with van der Waals surface area (Å²) in [7, 11) is 0. The third-order valence-electron chi connectivity index (χ3n) is 7.52. The molecule has 11 heteroatoms. The molecule has 5 aromatic carbocycles. The van der Waals surface area contributed by atoms with Crippen LogP contribution in [0.4, 0.5) is 39.5 Å². The number of hydrogen-bond donors (Lipinski definition) is 0. The second-order valence-electron chi connectivity index (χ2n) is 10.8. The standard InChI is InChI=1S/C36H24ClF9O/c1-2-3-4-5-19-6-8-20(9-7-19)22-12-26(37)35(32(43)14-22)47-36(45,46)24-17-28(39)33(29(40)18-24)21-10-11-25(27(38)13-21)23-15-30(41)34(44)31(42)16-23/h6-18H,2-5H2,1H3. The lowest BCUT2D eigenvalue weighted by Gasteiger charge is -2.21. The zero-order valence-electron chi connectivity index (χ0n) is 24.5. The number of benzene rings is 5. The van der Waals surface area contributed by atoms with Crippen molar-refractivity contribution in [3.05, 3.63) is 136 Å². The van der Waals surface area contributed by atoms with Crippen molar-refractivity contribution in [3.8, 4) is 39.1 Å². The van der Waals surface area contributed by atoms with Crippen LogP contribution in [0.15, 0.2) is 78.9 Å². The summed E-state index contributed by atoms with van der Waals surface area (Å²) in [6, 6.07) is 13.5. The number of unbranched alkanes of at least 4 members (excludes halogenated alkanes) is 2. The second kappa shape index (κ2) is 13.7. The Hall–Kier alpha value is -4.44. The minimum absolute atomic E-state index is 0.233. The van der Waals surface area contributed by atoms with E-state index in [9.17, 15) is 17.6 Å². The van der Waals surface area contributed by atoms with Crippen LogP contribution >= 0.6 is 11.6 Å². The SMILES string of the molecule is CCCCCc1ccc(-c2cc(F)c(OC(F)(F)c3cc(F)c(-c4ccc(-c5cc(F)c(F)c(F)c5)c(F)c4)c(F)c3)c(Cl)c2)cc1. The molecule has 47 heavy (non-hydrogen) atoms. The van der Waals surface area contributed by atoms with Crippen LogP contribution in [0.5, 0.6) is 5.75 Å². The van der Waals surface area contributed by atoms with E-state index in [4.69, 9.17) is 11.6 Å². The predicted octanol–water partition coefficient (Wildman–Crippen LogP) is 12.2. The van der Waals surface area contributed by atoms with Crippen molar-refractivity contribution in [1.82, 2.24) is 0 Å². The molecule has 1 nitrogen and oxygen atoms in total.